The topological polar surface area (TPSA) is 29.3 Å². The van der Waals surface area contributed by atoms with Crippen LogP contribution in [0, 0.1) is 12.7 Å². The maximum atomic E-state index is 13.9. The minimum Gasteiger partial charge on any atom is -0.389 e. The van der Waals surface area contributed by atoms with Gasteiger partial charge in [0.05, 0.1) is 5.56 Å². The standard InChI is InChI=1S/C16H17FN2S/c1-11-6-3-4-7-12(11)10-19(2)14-9-5-8-13(17)15(14)16(18)20/h3-9H,10H2,1-2H3,(H2,18,20). The Morgan fingerprint density at radius 2 is 1.90 bits per heavy atom. The molecule has 0 aromatic heterocycles. The monoisotopic (exact) mass is 288 g/mol. The zero-order chi connectivity index (χ0) is 14.7. The van der Waals surface area contributed by atoms with Gasteiger partial charge in [-0.1, -0.05) is 42.5 Å². The van der Waals surface area contributed by atoms with Gasteiger partial charge in [0.15, 0.2) is 0 Å². The molecule has 0 atom stereocenters. The molecule has 2 N–H and O–H groups in total. The van der Waals surface area contributed by atoms with E-state index in [-0.39, 0.29) is 10.8 Å². The summed E-state index contributed by atoms with van der Waals surface area (Å²) in [5, 5.41) is 0. The third kappa shape index (κ3) is 2.96. The molecule has 20 heavy (non-hydrogen) atoms. The summed E-state index contributed by atoms with van der Waals surface area (Å²) in [6.45, 7) is 2.73. The Labute approximate surface area is 124 Å². The molecule has 0 aliphatic heterocycles. The van der Waals surface area contributed by atoms with Crippen LogP contribution in [0.4, 0.5) is 10.1 Å². The van der Waals surface area contributed by atoms with Crippen LogP contribution >= 0.6 is 12.2 Å². The van der Waals surface area contributed by atoms with Crippen molar-refractivity contribution in [3.05, 3.63) is 65.0 Å². The van der Waals surface area contributed by atoms with Crippen LogP contribution in [-0.2, 0) is 6.54 Å². The molecule has 0 unspecified atom stereocenters. The smallest absolute Gasteiger partial charge is 0.135 e. The predicted molar refractivity (Wildman–Crippen MR) is 85.6 cm³/mol. The van der Waals surface area contributed by atoms with Gasteiger partial charge in [0.25, 0.3) is 0 Å². The SMILES string of the molecule is Cc1ccccc1CN(C)c1cccc(F)c1C(N)=S. The van der Waals surface area contributed by atoms with Crippen molar-refractivity contribution in [2.75, 3.05) is 11.9 Å². The van der Waals surface area contributed by atoms with E-state index in [0.29, 0.717) is 17.8 Å². The van der Waals surface area contributed by atoms with Crippen molar-refractivity contribution in [2.45, 2.75) is 13.5 Å². The molecule has 0 saturated heterocycles. The highest BCUT2D eigenvalue weighted by Crippen LogP contribution is 2.24. The minimum absolute atomic E-state index is 0.0785. The van der Waals surface area contributed by atoms with Crippen molar-refractivity contribution in [3.63, 3.8) is 0 Å². The maximum absolute atomic E-state index is 13.9. The highest BCUT2D eigenvalue weighted by Gasteiger charge is 2.14. The normalized spacial score (nSPS) is 10.3. The first kappa shape index (κ1) is 14.5. The molecule has 0 heterocycles. The second-order valence-electron chi connectivity index (χ2n) is 4.78. The van der Waals surface area contributed by atoms with Crippen molar-refractivity contribution in [1.29, 1.82) is 0 Å². The molecule has 0 aliphatic rings. The first-order valence-electron chi connectivity index (χ1n) is 6.34. The number of nitrogens with zero attached hydrogens (tertiary/aromatic N) is 1. The summed E-state index contributed by atoms with van der Waals surface area (Å²) in [7, 11) is 1.91. The Balaban J connectivity index is 2.35. The predicted octanol–water partition coefficient (Wildman–Crippen LogP) is 3.40. The summed E-state index contributed by atoms with van der Waals surface area (Å²) >= 11 is 4.96. The molecule has 0 amide bonds. The van der Waals surface area contributed by atoms with Gasteiger partial charge in [-0.15, -0.1) is 0 Å². The van der Waals surface area contributed by atoms with E-state index < -0.39 is 0 Å². The first-order valence-corrected chi connectivity index (χ1v) is 6.75. The Bertz CT molecular complexity index is 640. The summed E-state index contributed by atoms with van der Waals surface area (Å²) in [4.78, 5) is 2.04. The van der Waals surface area contributed by atoms with Gasteiger partial charge in [-0.2, -0.15) is 0 Å². The van der Waals surface area contributed by atoms with Crippen molar-refractivity contribution in [1.82, 2.24) is 0 Å². The van der Waals surface area contributed by atoms with Gasteiger partial charge in [-0.3, -0.25) is 0 Å². The molecule has 2 rings (SSSR count). The summed E-state index contributed by atoms with van der Waals surface area (Å²) in [5.74, 6) is -0.383. The van der Waals surface area contributed by atoms with Crippen molar-refractivity contribution >= 4 is 22.9 Å². The molecular formula is C16H17FN2S. The first-order chi connectivity index (χ1) is 9.50. The lowest BCUT2D eigenvalue weighted by Gasteiger charge is -2.23. The van der Waals surface area contributed by atoms with E-state index in [1.165, 1.54) is 17.2 Å². The second-order valence-corrected chi connectivity index (χ2v) is 5.22. The Morgan fingerprint density at radius 1 is 1.20 bits per heavy atom. The highest BCUT2D eigenvalue weighted by molar-refractivity contribution is 7.80. The Hall–Kier alpha value is -1.94. The van der Waals surface area contributed by atoms with Gasteiger partial charge in [0.1, 0.15) is 10.8 Å². The molecule has 4 heteroatoms. The van der Waals surface area contributed by atoms with Gasteiger partial charge in [-0.05, 0) is 30.2 Å². The number of halogens is 1. The second kappa shape index (κ2) is 6.01. The van der Waals surface area contributed by atoms with E-state index in [2.05, 4.69) is 19.1 Å². The largest absolute Gasteiger partial charge is 0.389 e. The number of hydrogen-bond donors (Lipinski definition) is 1. The molecule has 2 aromatic rings. The minimum atomic E-state index is -0.383. The molecule has 0 aliphatic carbocycles. The Kier molecular flexibility index (Phi) is 4.35. The maximum Gasteiger partial charge on any atom is 0.135 e. The lowest BCUT2D eigenvalue weighted by atomic mass is 10.1. The van der Waals surface area contributed by atoms with Gasteiger partial charge in [-0.25, -0.2) is 4.39 Å². The van der Waals surface area contributed by atoms with Crippen molar-refractivity contribution < 1.29 is 4.39 Å². The molecule has 104 valence electrons. The summed E-state index contributed by atoms with van der Waals surface area (Å²) in [6.07, 6.45) is 0. The molecule has 0 spiro atoms. The lowest BCUT2D eigenvalue weighted by Crippen LogP contribution is -2.23. The van der Waals surface area contributed by atoms with Gasteiger partial charge in [0.2, 0.25) is 0 Å². The van der Waals surface area contributed by atoms with Crippen LogP contribution in [0.25, 0.3) is 0 Å². The van der Waals surface area contributed by atoms with Crippen LogP contribution in [0.1, 0.15) is 16.7 Å². The number of anilines is 1. The van der Waals surface area contributed by atoms with Crippen LogP contribution in [0.3, 0.4) is 0 Å². The van der Waals surface area contributed by atoms with E-state index in [9.17, 15) is 4.39 Å². The van der Waals surface area contributed by atoms with Gasteiger partial charge >= 0.3 is 0 Å². The molecule has 2 aromatic carbocycles. The third-order valence-electron chi connectivity index (χ3n) is 3.32. The highest BCUT2D eigenvalue weighted by atomic mass is 32.1. The fourth-order valence-corrected chi connectivity index (χ4v) is 2.41. The van der Waals surface area contributed by atoms with E-state index in [4.69, 9.17) is 18.0 Å². The number of rotatable bonds is 4. The summed E-state index contributed by atoms with van der Waals surface area (Å²) < 4.78 is 13.9. The van der Waals surface area contributed by atoms with Crippen LogP contribution in [0.15, 0.2) is 42.5 Å². The summed E-state index contributed by atoms with van der Waals surface area (Å²) in [6, 6.07) is 13.0. The van der Waals surface area contributed by atoms with Crippen LogP contribution < -0.4 is 10.6 Å². The van der Waals surface area contributed by atoms with E-state index in [1.807, 2.05) is 30.1 Å². The summed E-state index contributed by atoms with van der Waals surface area (Å²) in [5.41, 5.74) is 9.04. The number of benzene rings is 2. The van der Waals surface area contributed by atoms with Crippen molar-refractivity contribution in [2.24, 2.45) is 5.73 Å². The third-order valence-corrected chi connectivity index (χ3v) is 3.52. The molecule has 0 fully saturated rings. The number of hydrogen-bond acceptors (Lipinski definition) is 2. The molecular weight excluding hydrogens is 271 g/mol. The quantitative estimate of drug-likeness (QED) is 0.874. The van der Waals surface area contributed by atoms with Crippen LogP contribution in [-0.4, -0.2) is 12.0 Å². The lowest BCUT2D eigenvalue weighted by molar-refractivity contribution is 0.624. The van der Waals surface area contributed by atoms with Crippen LogP contribution in [0.2, 0.25) is 0 Å². The van der Waals surface area contributed by atoms with E-state index in [1.54, 1.807) is 6.07 Å². The fraction of sp³-hybridized carbons (Fsp3) is 0.188. The van der Waals surface area contributed by atoms with Gasteiger partial charge in [0, 0.05) is 19.3 Å². The van der Waals surface area contributed by atoms with Crippen LogP contribution in [0.5, 0.6) is 0 Å². The van der Waals surface area contributed by atoms with Gasteiger partial charge < -0.3 is 10.6 Å². The number of nitrogens with two attached hydrogens (primary N) is 1. The average molecular weight is 288 g/mol. The molecule has 2 nitrogen and oxygen atoms in total. The average Bonchev–Trinajstić information content (AvgIpc) is 2.40. The molecule has 0 saturated carbocycles. The molecule has 0 bridgehead atoms. The fourth-order valence-electron chi connectivity index (χ4n) is 2.20. The number of aryl methyl sites for hydroxylation is 1. The van der Waals surface area contributed by atoms with E-state index >= 15 is 0 Å². The number of thiocarbonyl (C=S) groups is 1. The van der Waals surface area contributed by atoms with Crippen molar-refractivity contribution in [3.8, 4) is 0 Å². The van der Waals surface area contributed by atoms with E-state index in [0.717, 1.165) is 0 Å². The molecule has 0 radical (unpaired) electrons. The zero-order valence-corrected chi connectivity index (χ0v) is 12.4. The Morgan fingerprint density at radius 3 is 2.55 bits per heavy atom. The zero-order valence-electron chi connectivity index (χ0n) is 11.6.